The van der Waals surface area contributed by atoms with Crippen LogP contribution in [-0.4, -0.2) is 33.8 Å². The van der Waals surface area contributed by atoms with Crippen molar-refractivity contribution in [3.8, 4) is 0 Å². The quantitative estimate of drug-likeness (QED) is 0.890. The summed E-state index contributed by atoms with van der Waals surface area (Å²) in [6.45, 7) is 4.24. The molecule has 0 bridgehead atoms. The number of carbonyl (C=O) groups is 2. The highest BCUT2D eigenvalue weighted by molar-refractivity contribution is 7.09. The predicted molar refractivity (Wildman–Crippen MR) is 69.0 cm³/mol. The van der Waals surface area contributed by atoms with Crippen molar-refractivity contribution in [2.24, 2.45) is 0 Å². The van der Waals surface area contributed by atoms with Crippen molar-refractivity contribution in [1.29, 1.82) is 0 Å². The van der Waals surface area contributed by atoms with E-state index in [9.17, 15) is 9.59 Å². The van der Waals surface area contributed by atoms with Gasteiger partial charge in [-0.2, -0.15) is 0 Å². The highest BCUT2D eigenvalue weighted by Gasteiger charge is 2.37. The molecule has 2 amide bonds. The second kappa shape index (κ2) is 5.48. The molecule has 1 fully saturated rings. The van der Waals surface area contributed by atoms with Crippen LogP contribution in [0.25, 0.3) is 0 Å². The fourth-order valence-corrected chi connectivity index (χ4v) is 2.67. The van der Waals surface area contributed by atoms with Gasteiger partial charge in [0.05, 0.1) is 12.1 Å². The molecule has 0 radical (unpaired) electrons. The van der Waals surface area contributed by atoms with Crippen LogP contribution in [0.15, 0.2) is 11.7 Å². The Hall–Kier alpha value is -1.43. The van der Waals surface area contributed by atoms with Crippen LogP contribution in [0.3, 0.4) is 0 Å². The van der Waals surface area contributed by atoms with Crippen molar-refractivity contribution in [3.63, 3.8) is 0 Å². The normalized spacial score (nSPS) is 24.2. The van der Waals surface area contributed by atoms with Gasteiger partial charge < -0.3 is 10.2 Å². The number of thiazole rings is 1. The zero-order valence-electron chi connectivity index (χ0n) is 10.5. The number of rotatable bonds is 4. The Labute approximate surface area is 110 Å². The van der Waals surface area contributed by atoms with E-state index in [1.165, 1.54) is 11.3 Å². The average Bonchev–Trinajstić information content (AvgIpc) is 2.85. The third kappa shape index (κ3) is 2.53. The van der Waals surface area contributed by atoms with Gasteiger partial charge in [0.1, 0.15) is 12.1 Å². The summed E-state index contributed by atoms with van der Waals surface area (Å²) < 4.78 is 0. The summed E-state index contributed by atoms with van der Waals surface area (Å²) in [4.78, 5) is 30.8. The van der Waals surface area contributed by atoms with Gasteiger partial charge in [-0.1, -0.05) is 13.3 Å². The zero-order valence-corrected chi connectivity index (χ0v) is 11.4. The first-order chi connectivity index (χ1) is 8.63. The molecule has 0 aromatic carbocycles. The van der Waals surface area contributed by atoms with E-state index in [1.807, 2.05) is 6.92 Å². The second-order valence-electron chi connectivity index (χ2n) is 4.46. The molecule has 1 aliphatic heterocycles. The molecule has 18 heavy (non-hydrogen) atoms. The van der Waals surface area contributed by atoms with Gasteiger partial charge in [0.25, 0.3) is 0 Å². The highest BCUT2D eigenvalue weighted by Crippen LogP contribution is 2.18. The molecule has 1 aromatic rings. The van der Waals surface area contributed by atoms with Gasteiger partial charge in [-0.15, -0.1) is 11.3 Å². The molecule has 0 spiro atoms. The fourth-order valence-electron chi connectivity index (χ4n) is 2.07. The lowest BCUT2D eigenvalue weighted by atomic mass is 10.0. The molecule has 6 heteroatoms. The van der Waals surface area contributed by atoms with Gasteiger partial charge in [-0.25, -0.2) is 0 Å². The smallest absolute Gasteiger partial charge is 0.246 e. The lowest BCUT2D eigenvalue weighted by Crippen LogP contribution is -2.61. The maximum atomic E-state index is 12.3. The molecule has 2 unspecified atom stereocenters. The third-order valence-electron chi connectivity index (χ3n) is 3.13. The van der Waals surface area contributed by atoms with Crippen LogP contribution >= 0.6 is 11.3 Å². The van der Waals surface area contributed by atoms with Crippen LogP contribution in [0.1, 0.15) is 31.6 Å². The summed E-state index contributed by atoms with van der Waals surface area (Å²) >= 11 is 1.50. The SMILES string of the molecule is CCCC1NC(=O)C(C)N(Cc2cncs2)C1=O. The molecular formula is C12H17N3O2S. The molecule has 98 valence electrons. The largest absolute Gasteiger partial charge is 0.343 e. The molecule has 1 saturated heterocycles. The Morgan fingerprint density at radius 2 is 2.28 bits per heavy atom. The zero-order chi connectivity index (χ0) is 13.1. The second-order valence-corrected chi connectivity index (χ2v) is 5.43. The molecule has 5 nitrogen and oxygen atoms in total. The number of amides is 2. The number of hydrogen-bond acceptors (Lipinski definition) is 4. The molecule has 1 aliphatic rings. The third-order valence-corrected chi connectivity index (χ3v) is 3.90. The Bertz CT molecular complexity index is 433. The minimum Gasteiger partial charge on any atom is -0.343 e. The van der Waals surface area contributed by atoms with E-state index >= 15 is 0 Å². The standard InChI is InChI=1S/C12H17N3O2S/c1-3-4-10-12(17)15(8(2)11(16)14-10)6-9-5-13-7-18-9/h5,7-8,10H,3-4,6H2,1-2H3,(H,14,16). The number of aromatic nitrogens is 1. The summed E-state index contributed by atoms with van der Waals surface area (Å²) in [5, 5.41) is 2.78. The Morgan fingerprint density at radius 1 is 1.50 bits per heavy atom. The highest BCUT2D eigenvalue weighted by atomic mass is 32.1. The maximum Gasteiger partial charge on any atom is 0.246 e. The lowest BCUT2D eigenvalue weighted by Gasteiger charge is -2.37. The summed E-state index contributed by atoms with van der Waals surface area (Å²) in [6.07, 6.45) is 3.31. The van der Waals surface area contributed by atoms with Crippen LogP contribution < -0.4 is 5.32 Å². The molecule has 0 saturated carbocycles. The van der Waals surface area contributed by atoms with Gasteiger partial charge in [0, 0.05) is 11.1 Å². The predicted octanol–water partition coefficient (Wildman–Crippen LogP) is 1.16. The fraction of sp³-hybridized carbons (Fsp3) is 0.583. The van der Waals surface area contributed by atoms with Crippen molar-refractivity contribution in [2.45, 2.75) is 45.3 Å². The molecule has 0 aliphatic carbocycles. The van der Waals surface area contributed by atoms with Crippen LogP contribution in [0.4, 0.5) is 0 Å². The van der Waals surface area contributed by atoms with E-state index in [2.05, 4.69) is 10.3 Å². The molecule has 1 N–H and O–H groups in total. The number of piperazine rings is 1. The van der Waals surface area contributed by atoms with Gasteiger partial charge in [0.2, 0.25) is 11.8 Å². The first kappa shape index (κ1) is 13.0. The van der Waals surface area contributed by atoms with Gasteiger partial charge in [-0.05, 0) is 13.3 Å². The van der Waals surface area contributed by atoms with Gasteiger partial charge in [-0.3, -0.25) is 14.6 Å². The summed E-state index contributed by atoms with van der Waals surface area (Å²) in [5.74, 6) is -0.0603. The van der Waals surface area contributed by atoms with Crippen molar-refractivity contribution < 1.29 is 9.59 Å². The molecule has 2 atom stereocenters. The van der Waals surface area contributed by atoms with E-state index in [1.54, 1.807) is 23.5 Å². The first-order valence-corrected chi connectivity index (χ1v) is 6.99. The Morgan fingerprint density at radius 3 is 2.89 bits per heavy atom. The van der Waals surface area contributed by atoms with Crippen LogP contribution in [-0.2, 0) is 16.1 Å². The Kier molecular flexibility index (Phi) is 3.96. The monoisotopic (exact) mass is 267 g/mol. The Balaban J connectivity index is 2.14. The summed E-state index contributed by atoms with van der Waals surface area (Å²) in [5.41, 5.74) is 1.73. The first-order valence-electron chi connectivity index (χ1n) is 6.11. The van der Waals surface area contributed by atoms with Gasteiger partial charge in [0.15, 0.2) is 0 Å². The minimum absolute atomic E-state index is 0.0114. The van der Waals surface area contributed by atoms with Crippen LogP contribution in [0.5, 0.6) is 0 Å². The molecule has 2 heterocycles. The molecule has 1 aromatic heterocycles. The van der Waals surface area contributed by atoms with Crippen molar-refractivity contribution >= 4 is 23.2 Å². The van der Waals surface area contributed by atoms with E-state index in [0.29, 0.717) is 13.0 Å². The summed E-state index contributed by atoms with van der Waals surface area (Å²) in [7, 11) is 0. The van der Waals surface area contributed by atoms with E-state index < -0.39 is 6.04 Å². The van der Waals surface area contributed by atoms with Crippen molar-refractivity contribution in [1.82, 2.24) is 15.2 Å². The van der Waals surface area contributed by atoms with Gasteiger partial charge >= 0.3 is 0 Å². The summed E-state index contributed by atoms with van der Waals surface area (Å²) in [6, 6.07) is -0.778. The molecule has 2 rings (SSSR count). The van der Waals surface area contributed by atoms with Crippen molar-refractivity contribution in [2.75, 3.05) is 0 Å². The maximum absolute atomic E-state index is 12.3. The number of nitrogens with zero attached hydrogens (tertiary/aromatic N) is 2. The number of carbonyl (C=O) groups excluding carboxylic acids is 2. The van der Waals surface area contributed by atoms with E-state index in [4.69, 9.17) is 0 Å². The lowest BCUT2D eigenvalue weighted by molar-refractivity contribution is -0.149. The van der Waals surface area contributed by atoms with Crippen molar-refractivity contribution in [3.05, 3.63) is 16.6 Å². The number of hydrogen-bond donors (Lipinski definition) is 1. The average molecular weight is 267 g/mol. The van der Waals surface area contributed by atoms with E-state index in [-0.39, 0.29) is 17.9 Å². The minimum atomic E-state index is -0.410. The van der Waals surface area contributed by atoms with Crippen LogP contribution in [0.2, 0.25) is 0 Å². The van der Waals surface area contributed by atoms with E-state index in [0.717, 1.165) is 11.3 Å². The van der Waals surface area contributed by atoms with Crippen LogP contribution in [0, 0.1) is 0 Å². The number of nitrogens with one attached hydrogen (secondary N) is 1. The molecular weight excluding hydrogens is 250 g/mol. The topological polar surface area (TPSA) is 62.3 Å².